The Morgan fingerprint density at radius 2 is 2.28 bits per heavy atom. The van der Waals surface area contributed by atoms with E-state index >= 15 is 0 Å². The molecule has 96 valence electrons. The zero-order valence-electron chi connectivity index (χ0n) is 10.5. The Balaban J connectivity index is 1.72. The number of nitrogens with zero attached hydrogens (tertiary/aromatic N) is 1. The van der Waals surface area contributed by atoms with Crippen molar-refractivity contribution >= 4 is 17.7 Å². The second kappa shape index (κ2) is 4.94. The predicted octanol–water partition coefficient (Wildman–Crippen LogP) is 1.95. The molecule has 3 rings (SSSR count). The summed E-state index contributed by atoms with van der Waals surface area (Å²) in [4.78, 5) is 15.8. The Morgan fingerprint density at radius 3 is 3.06 bits per heavy atom. The number of carbonyl (C=O) groups excluding carboxylic acids is 1. The molecule has 1 amide bonds. The first-order valence-electron chi connectivity index (χ1n) is 6.38. The van der Waals surface area contributed by atoms with Crippen LogP contribution in [-0.4, -0.2) is 41.9 Å². The molecule has 3 nitrogen and oxygen atoms in total. The fourth-order valence-corrected chi connectivity index (χ4v) is 3.82. The molecular weight excluding hydrogens is 246 g/mol. The molecule has 0 radical (unpaired) electrons. The molecule has 1 fully saturated rings. The van der Waals surface area contributed by atoms with Gasteiger partial charge in [-0.05, 0) is 25.0 Å². The summed E-state index contributed by atoms with van der Waals surface area (Å²) in [6.07, 6.45) is 0.865. The van der Waals surface area contributed by atoms with Gasteiger partial charge in [-0.3, -0.25) is 4.79 Å². The van der Waals surface area contributed by atoms with Gasteiger partial charge in [0.15, 0.2) is 0 Å². The number of fused-ring (bicyclic) bond motifs is 1. The molecule has 4 heteroatoms. The maximum absolute atomic E-state index is 12.5. The molecule has 0 N–H and O–H groups in total. The Bertz CT molecular complexity index is 438. The van der Waals surface area contributed by atoms with Crippen LogP contribution in [0.1, 0.15) is 12.5 Å². The number of amides is 1. The van der Waals surface area contributed by atoms with Crippen molar-refractivity contribution in [2.75, 3.05) is 19.8 Å². The largest absolute Gasteiger partial charge is 0.377 e. The lowest BCUT2D eigenvalue weighted by atomic mass is 10.1. The van der Waals surface area contributed by atoms with Crippen molar-refractivity contribution in [3.05, 3.63) is 29.8 Å². The van der Waals surface area contributed by atoms with E-state index in [2.05, 4.69) is 19.1 Å². The summed E-state index contributed by atoms with van der Waals surface area (Å²) in [5.41, 5.74) is 1.31. The average Bonchev–Trinajstić information content (AvgIpc) is 2.82. The number of hydrogen-bond acceptors (Lipinski definition) is 3. The maximum atomic E-state index is 12.5. The second-order valence-corrected chi connectivity index (χ2v) is 6.12. The minimum Gasteiger partial charge on any atom is -0.377 e. The Kier molecular flexibility index (Phi) is 3.31. The SMILES string of the molecule is C[C@H]1COCCN1C(=O)[C@@H]1Cc2ccccc2S1. The van der Waals surface area contributed by atoms with Gasteiger partial charge in [0.2, 0.25) is 5.91 Å². The molecule has 0 saturated carbocycles. The first-order chi connectivity index (χ1) is 8.75. The van der Waals surface area contributed by atoms with Gasteiger partial charge in [-0.15, -0.1) is 11.8 Å². The van der Waals surface area contributed by atoms with Crippen molar-refractivity contribution in [1.29, 1.82) is 0 Å². The molecule has 2 aliphatic heterocycles. The standard InChI is InChI=1S/C14H17NO2S/c1-10-9-17-7-6-15(10)14(16)13-8-11-4-2-3-5-12(11)18-13/h2-5,10,13H,6-9H2,1H3/t10-,13-/m0/s1. The number of rotatable bonds is 1. The van der Waals surface area contributed by atoms with Gasteiger partial charge in [-0.1, -0.05) is 18.2 Å². The summed E-state index contributed by atoms with van der Waals surface area (Å²) in [6.45, 7) is 4.12. The van der Waals surface area contributed by atoms with Crippen molar-refractivity contribution in [2.24, 2.45) is 0 Å². The van der Waals surface area contributed by atoms with Gasteiger partial charge in [-0.25, -0.2) is 0 Å². The van der Waals surface area contributed by atoms with E-state index in [0.29, 0.717) is 13.2 Å². The lowest BCUT2D eigenvalue weighted by molar-refractivity contribution is -0.138. The first kappa shape index (κ1) is 12.1. The number of carbonyl (C=O) groups is 1. The van der Waals surface area contributed by atoms with Gasteiger partial charge in [0.05, 0.1) is 24.5 Å². The predicted molar refractivity (Wildman–Crippen MR) is 71.8 cm³/mol. The number of benzene rings is 1. The summed E-state index contributed by atoms with van der Waals surface area (Å²) in [5, 5.41) is 0.0583. The summed E-state index contributed by atoms with van der Waals surface area (Å²) in [6, 6.07) is 8.52. The Labute approximate surface area is 111 Å². The quantitative estimate of drug-likeness (QED) is 0.775. The lowest BCUT2D eigenvalue weighted by Crippen LogP contribution is -2.50. The van der Waals surface area contributed by atoms with Crippen LogP contribution in [0.25, 0.3) is 0 Å². The molecule has 2 aliphatic rings. The van der Waals surface area contributed by atoms with Crippen LogP contribution in [0.15, 0.2) is 29.2 Å². The van der Waals surface area contributed by atoms with E-state index in [9.17, 15) is 4.79 Å². The minimum absolute atomic E-state index is 0.0583. The molecular formula is C14H17NO2S. The van der Waals surface area contributed by atoms with Crippen LogP contribution >= 0.6 is 11.8 Å². The van der Waals surface area contributed by atoms with Crippen LogP contribution in [0.2, 0.25) is 0 Å². The highest BCUT2D eigenvalue weighted by molar-refractivity contribution is 8.01. The zero-order chi connectivity index (χ0) is 12.5. The third kappa shape index (κ3) is 2.15. The number of hydrogen-bond donors (Lipinski definition) is 0. The normalized spacial score (nSPS) is 27.1. The van der Waals surface area contributed by atoms with Crippen LogP contribution < -0.4 is 0 Å². The number of morpholine rings is 1. The minimum atomic E-state index is 0.0583. The molecule has 0 unspecified atom stereocenters. The van der Waals surface area contributed by atoms with E-state index < -0.39 is 0 Å². The fraction of sp³-hybridized carbons (Fsp3) is 0.500. The first-order valence-corrected chi connectivity index (χ1v) is 7.26. The van der Waals surface area contributed by atoms with E-state index in [0.717, 1.165) is 13.0 Å². The average molecular weight is 263 g/mol. The van der Waals surface area contributed by atoms with Crippen molar-refractivity contribution < 1.29 is 9.53 Å². The fourth-order valence-electron chi connectivity index (χ4n) is 2.56. The molecule has 2 atom stereocenters. The zero-order valence-corrected chi connectivity index (χ0v) is 11.3. The van der Waals surface area contributed by atoms with E-state index in [4.69, 9.17) is 4.74 Å². The third-order valence-electron chi connectivity index (χ3n) is 3.57. The highest BCUT2D eigenvalue weighted by atomic mass is 32.2. The van der Waals surface area contributed by atoms with Crippen LogP contribution in [0.4, 0.5) is 0 Å². The number of ether oxygens (including phenoxy) is 1. The van der Waals surface area contributed by atoms with Crippen molar-refractivity contribution in [3.63, 3.8) is 0 Å². The molecule has 1 aromatic carbocycles. The number of thioether (sulfide) groups is 1. The molecule has 18 heavy (non-hydrogen) atoms. The van der Waals surface area contributed by atoms with Crippen LogP contribution in [-0.2, 0) is 16.0 Å². The van der Waals surface area contributed by atoms with Crippen molar-refractivity contribution in [3.8, 4) is 0 Å². The Hall–Kier alpha value is -1.00. The van der Waals surface area contributed by atoms with E-state index in [1.807, 2.05) is 17.0 Å². The van der Waals surface area contributed by atoms with Gasteiger partial charge in [0.1, 0.15) is 0 Å². The third-order valence-corrected chi connectivity index (χ3v) is 4.88. The van der Waals surface area contributed by atoms with Crippen molar-refractivity contribution in [2.45, 2.75) is 29.5 Å². The Morgan fingerprint density at radius 1 is 1.44 bits per heavy atom. The van der Waals surface area contributed by atoms with Crippen molar-refractivity contribution in [1.82, 2.24) is 4.90 Å². The molecule has 1 aromatic rings. The summed E-state index contributed by atoms with van der Waals surface area (Å²) in [5.74, 6) is 0.270. The summed E-state index contributed by atoms with van der Waals surface area (Å²) in [7, 11) is 0. The van der Waals surface area contributed by atoms with Gasteiger partial charge >= 0.3 is 0 Å². The molecule has 2 heterocycles. The van der Waals surface area contributed by atoms with E-state index in [-0.39, 0.29) is 17.2 Å². The molecule has 0 aromatic heterocycles. The topological polar surface area (TPSA) is 29.5 Å². The van der Waals surface area contributed by atoms with Crippen LogP contribution in [0.5, 0.6) is 0 Å². The van der Waals surface area contributed by atoms with Crippen LogP contribution in [0.3, 0.4) is 0 Å². The monoisotopic (exact) mass is 263 g/mol. The highest BCUT2D eigenvalue weighted by Gasteiger charge is 2.34. The molecule has 0 spiro atoms. The van der Waals surface area contributed by atoms with Crippen LogP contribution in [0, 0.1) is 0 Å². The highest BCUT2D eigenvalue weighted by Crippen LogP contribution is 2.37. The van der Waals surface area contributed by atoms with E-state index in [1.165, 1.54) is 10.5 Å². The summed E-state index contributed by atoms with van der Waals surface area (Å²) >= 11 is 1.71. The molecule has 0 aliphatic carbocycles. The van der Waals surface area contributed by atoms with Gasteiger partial charge in [0.25, 0.3) is 0 Å². The smallest absolute Gasteiger partial charge is 0.236 e. The second-order valence-electron chi connectivity index (χ2n) is 4.87. The molecule has 1 saturated heterocycles. The maximum Gasteiger partial charge on any atom is 0.236 e. The van der Waals surface area contributed by atoms with Gasteiger partial charge in [0, 0.05) is 11.4 Å². The van der Waals surface area contributed by atoms with Gasteiger partial charge in [-0.2, -0.15) is 0 Å². The molecule has 0 bridgehead atoms. The van der Waals surface area contributed by atoms with Gasteiger partial charge < -0.3 is 9.64 Å². The summed E-state index contributed by atoms with van der Waals surface area (Å²) < 4.78 is 5.39. The van der Waals surface area contributed by atoms with E-state index in [1.54, 1.807) is 11.8 Å². The lowest BCUT2D eigenvalue weighted by Gasteiger charge is -2.34.